The van der Waals surface area contributed by atoms with Crippen molar-refractivity contribution in [2.24, 2.45) is 4.99 Å². The quantitative estimate of drug-likeness (QED) is 0.389. The van der Waals surface area contributed by atoms with Gasteiger partial charge in [-0.3, -0.25) is 10.1 Å². The summed E-state index contributed by atoms with van der Waals surface area (Å²) in [6, 6.07) is 13.4. The lowest BCUT2D eigenvalue weighted by molar-refractivity contribution is -0.384. The van der Waals surface area contributed by atoms with Gasteiger partial charge in [-0.2, -0.15) is 0 Å². The molecule has 0 radical (unpaired) electrons. The molecule has 1 N–H and O–H groups in total. The third-order valence-electron chi connectivity index (χ3n) is 4.35. The van der Waals surface area contributed by atoms with Crippen molar-refractivity contribution in [1.82, 2.24) is 0 Å². The second kappa shape index (κ2) is 9.48. The Hall–Kier alpha value is -3.59. The fourth-order valence-corrected chi connectivity index (χ4v) is 3.84. The average molecular weight is 439 g/mol. The molecule has 0 unspecified atom stereocenters. The molecular formula is C22H21N3O5S. The number of nitro groups is 1. The Bertz CT molecular complexity index is 1100. The minimum atomic E-state index is -0.706. The summed E-state index contributed by atoms with van der Waals surface area (Å²) in [5.41, 5.74) is 1.98. The van der Waals surface area contributed by atoms with Gasteiger partial charge in [-0.1, -0.05) is 30.0 Å². The highest BCUT2D eigenvalue weighted by Crippen LogP contribution is 2.40. The lowest BCUT2D eigenvalue weighted by Gasteiger charge is -2.11. The Kier molecular flexibility index (Phi) is 6.76. The SMILES string of the molecule is CCOC(=O)C1=C(O)C(=Cc2ccc(N(C)C)cc2)SC1=Nc1cccc([N+](=O)[O-])c1. The van der Waals surface area contributed by atoms with Crippen LogP contribution in [0.4, 0.5) is 17.1 Å². The second-order valence-electron chi connectivity index (χ2n) is 6.73. The van der Waals surface area contributed by atoms with Crippen molar-refractivity contribution in [3.8, 4) is 0 Å². The van der Waals surface area contributed by atoms with E-state index in [1.54, 1.807) is 19.1 Å². The average Bonchev–Trinajstić information content (AvgIpc) is 3.03. The van der Waals surface area contributed by atoms with Gasteiger partial charge in [0, 0.05) is 31.9 Å². The third kappa shape index (κ3) is 5.13. The molecular weight excluding hydrogens is 418 g/mol. The maximum Gasteiger partial charge on any atom is 0.344 e. The van der Waals surface area contributed by atoms with E-state index in [0.29, 0.717) is 10.6 Å². The lowest BCUT2D eigenvalue weighted by atomic mass is 10.1. The molecule has 1 aliphatic rings. The fraction of sp³-hybridized carbons (Fsp3) is 0.182. The number of benzene rings is 2. The number of carbonyl (C=O) groups excluding carboxylic acids is 1. The maximum atomic E-state index is 12.5. The molecule has 0 saturated heterocycles. The molecule has 1 aliphatic heterocycles. The van der Waals surface area contributed by atoms with Crippen molar-refractivity contribution < 1.29 is 19.6 Å². The van der Waals surface area contributed by atoms with Crippen LogP contribution in [0.2, 0.25) is 0 Å². The topological polar surface area (TPSA) is 105 Å². The zero-order valence-corrected chi connectivity index (χ0v) is 18.0. The Morgan fingerprint density at radius 3 is 2.58 bits per heavy atom. The number of nitro benzene ring substituents is 1. The number of nitrogens with zero attached hydrogens (tertiary/aromatic N) is 3. The first-order valence-electron chi connectivity index (χ1n) is 9.41. The van der Waals surface area contributed by atoms with Crippen LogP contribution in [0.1, 0.15) is 12.5 Å². The summed E-state index contributed by atoms with van der Waals surface area (Å²) in [5.74, 6) is -0.938. The number of esters is 1. The number of aliphatic imine (C=N–C) groups is 1. The summed E-state index contributed by atoms with van der Waals surface area (Å²) in [6.07, 6.45) is 1.74. The molecule has 8 nitrogen and oxygen atoms in total. The van der Waals surface area contributed by atoms with Crippen LogP contribution >= 0.6 is 11.8 Å². The molecule has 31 heavy (non-hydrogen) atoms. The summed E-state index contributed by atoms with van der Waals surface area (Å²) in [4.78, 5) is 29.8. The lowest BCUT2D eigenvalue weighted by Crippen LogP contribution is -2.12. The van der Waals surface area contributed by atoms with Gasteiger partial charge in [0.05, 0.1) is 22.1 Å². The van der Waals surface area contributed by atoms with E-state index in [0.717, 1.165) is 23.0 Å². The molecule has 0 bridgehead atoms. The van der Waals surface area contributed by atoms with E-state index >= 15 is 0 Å². The van der Waals surface area contributed by atoms with Gasteiger partial charge in [-0.25, -0.2) is 9.79 Å². The van der Waals surface area contributed by atoms with E-state index in [9.17, 15) is 20.0 Å². The number of thioether (sulfide) groups is 1. The van der Waals surface area contributed by atoms with Gasteiger partial charge < -0.3 is 14.7 Å². The second-order valence-corrected chi connectivity index (χ2v) is 7.77. The van der Waals surface area contributed by atoms with Gasteiger partial charge in [0.2, 0.25) is 0 Å². The fourth-order valence-electron chi connectivity index (χ4n) is 2.81. The number of hydrogen-bond donors (Lipinski definition) is 1. The smallest absolute Gasteiger partial charge is 0.344 e. The summed E-state index contributed by atoms with van der Waals surface area (Å²) in [7, 11) is 3.88. The van der Waals surface area contributed by atoms with E-state index < -0.39 is 10.9 Å². The zero-order chi connectivity index (χ0) is 22.5. The van der Waals surface area contributed by atoms with Crippen LogP contribution in [-0.4, -0.2) is 41.7 Å². The van der Waals surface area contributed by atoms with E-state index in [2.05, 4.69) is 4.99 Å². The standard InChI is InChI=1S/C22H21N3O5S/c1-4-30-22(27)19-20(26)18(12-14-8-10-16(11-9-14)24(2)3)31-21(19)23-15-6-5-7-17(13-15)25(28)29/h5-13,26H,4H2,1-3H3. The maximum absolute atomic E-state index is 12.5. The molecule has 0 aromatic heterocycles. The van der Waals surface area contributed by atoms with Crippen molar-refractivity contribution >= 4 is 45.9 Å². The predicted molar refractivity (Wildman–Crippen MR) is 123 cm³/mol. The summed E-state index contributed by atoms with van der Waals surface area (Å²) in [6.45, 7) is 1.80. The number of carbonyl (C=O) groups is 1. The molecule has 0 amide bonds. The first-order chi connectivity index (χ1) is 14.8. The molecule has 9 heteroatoms. The molecule has 160 valence electrons. The van der Waals surface area contributed by atoms with Crippen LogP contribution in [0.15, 0.2) is 69.8 Å². The number of aliphatic hydroxyl groups is 1. The Morgan fingerprint density at radius 1 is 1.26 bits per heavy atom. The van der Waals surface area contributed by atoms with Gasteiger partial charge in [0.1, 0.15) is 16.4 Å². The number of aliphatic hydroxyl groups excluding tert-OH is 1. The van der Waals surface area contributed by atoms with Crippen molar-refractivity contribution in [3.05, 3.63) is 80.4 Å². The summed E-state index contributed by atoms with van der Waals surface area (Å²) < 4.78 is 5.07. The molecule has 0 aliphatic carbocycles. The van der Waals surface area contributed by atoms with Gasteiger partial charge in [0.15, 0.2) is 0 Å². The van der Waals surface area contributed by atoms with Crippen LogP contribution in [-0.2, 0) is 9.53 Å². The highest BCUT2D eigenvalue weighted by Gasteiger charge is 2.33. The monoisotopic (exact) mass is 439 g/mol. The first kappa shape index (κ1) is 22.1. The molecule has 3 rings (SSSR count). The normalized spacial score (nSPS) is 16.1. The number of anilines is 1. The van der Waals surface area contributed by atoms with Gasteiger partial charge in [-0.05, 0) is 36.8 Å². The van der Waals surface area contributed by atoms with Crippen molar-refractivity contribution in [1.29, 1.82) is 0 Å². The minimum Gasteiger partial charge on any atom is -0.506 e. The van der Waals surface area contributed by atoms with Crippen LogP contribution < -0.4 is 4.90 Å². The molecule has 0 fully saturated rings. The zero-order valence-electron chi connectivity index (χ0n) is 17.2. The molecule has 1 heterocycles. The number of ether oxygens (including phenoxy) is 1. The molecule has 2 aromatic carbocycles. The number of hydrogen-bond acceptors (Lipinski definition) is 8. The van der Waals surface area contributed by atoms with E-state index in [1.807, 2.05) is 43.3 Å². The first-order valence-corrected chi connectivity index (χ1v) is 10.2. The van der Waals surface area contributed by atoms with Crippen LogP contribution in [0.25, 0.3) is 6.08 Å². The molecule has 0 atom stereocenters. The van der Waals surface area contributed by atoms with Crippen LogP contribution in [0, 0.1) is 10.1 Å². The third-order valence-corrected chi connectivity index (χ3v) is 5.37. The van der Waals surface area contributed by atoms with Crippen molar-refractivity contribution in [2.75, 3.05) is 25.6 Å². The minimum absolute atomic E-state index is 0.0606. The highest BCUT2D eigenvalue weighted by molar-refractivity contribution is 8.18. The van der Waals surface area contributed by atoms with Gasteiger partial charge in [0.25, 0.3) is 5.69 Å². The predicted octanol–water partition coefficient (Wildman–Crippen LogP) is 4.85. The Morgan fingerprint density at radius 2 is 1.97 bits per heavy atom. The van der Waals surface area contributed by atoms with Crippen molar-refractivity contribution in [3.63, 3.8) is 0 Å². The van der Waals surface area contributed by atoms with E-state index in [1.165, 1.54) is 18.2 Å². The largest absolute Gasteiger partial charge is 0.506 e. The van der Waals surface area contributed by atoms with Crippen molar-refractivity contribution in [2.45, 2.75) is 6.92 Å². The Balaban J connectivity index is 2.01. The van der Waals surface area contributed by atoms with Crippen LogP contribution in [0.5, 0.6) is 0 Å². The molecule has 0 spiro atoms. The van der Waals surface area contributed by atoms with Gasteiger partial charge >= 0.3 is 5.97 Å². The molecule has 0 saturated carbocycles. The highest BCUT2D eigenvalue weighted by atomic mass is 32.2. The van der Waals surface area contributed by atoms with E-state index in [-0.39, 0.29) is 28.7 Å². The van der Waals surface area contributed by atoms with Gasteiger partial charge in [-0.15, -0.1) is 0 Å². The number of rotatable bonds is 6. The summed E-state index contributed by atoms with van der Waals surface area (Å²) in [5, 5.41) is 22.0. The Labute approximate surface area is 183 Å². The summed E-state index contributed by atoms with van der Waals surface area (Å²) >= 11 is 1.10. The van der Waals surface area contributed by atoms with E-state index in [4.69, 9.17) is 4.74 Å². The van der Waals surface area contributed by atoms with Crippen LogP contribution in [0.3, 0.4) is 0 Å². The number of non-ortho nitro benzene ring substituents is 1. The molecule has 2 aromatic rings.